The molecule has 32 heteroatoms. The molecule has 4 saturated heterocycles. The zero-order valence-electron chi connectivity index (χ0n) is 46.0. The third kappa shape index (κ3) is 14.7. The first-order valence-corrected chi connectivity index (χ1v) is 27.2. The van der Waals surface area contributed by atoms with Gasteiger partial charge in [0.15, 0.2) is 52.7 Å². The van der Waals surface area contributed by atoms with Gasteiger partial charge in [-0.1, -0.05) is 12.1 Å². The first kappa shape index (κ1) is 65.8. The van der Waals surface area contributed by atoms with E-state index < -0.39 is 202 Å². The number of fused-ring (bicyclic) bond motifs is 1. The van der Waals surface area contributed by atoms with Crippen LogP contribution in [0.4, 0.5) is 0 Å². The standard InChI is InChI=1S/C57H64O32/c58-17-35-41(68)45(72)49(76)54(85-35)82-32-15-24(60)14-31-25(32)16-34(52(81-31)23-5-8-27(62)30(65)13-23)84-57-53(48(75)44(71)38(88-57)20-80-39(66)9-3-21-1-6-26(61)29(64)11-21)89-56-51(78)47(74)43(70)37(87-56)19-79-40(67)10-4-22-2-7-28(63)33(12-22)83-55-50(77)46(73)42(69)36(18-59)86-55/h1-16,35-38,41-65,68-78H,17-20H2/p+1/b9-3+,10-4+/t35-,36+,37+,38+,41+,42+,43+,44+,45-,46-,47-,48-,49-,50+,51+,52?,53+,54+,55+,56-,57+/m0/s1. The molecule has 0 radical (unpaired) electrons. The number of benzene rings is 4. The topological polar surface area (TPSA) is 524 Å². The number of ether oxygens (including phenoxy) is 11. The van der Waals surface area contributed by atoms with Crippen molar-refractivity contribution < 1.29 is 159 Å². The monoisotopic (exact) mass is 1260 g/mol. The minimum atomic E-state index is -2.22. The van der Waals surface area contributed by atoms with E-state index in [1.807, 2.05) is 0 Å². The molecule has 484 valence electrons. The number of phenols is 6. The van der Waals surface area contributed by atoms with Crippen LogP contribution in [0.25, 0.3) is 18.2 Å². The maximum atomic E-state index is 13.1. The van der Waals surface area contributed by atoms with E-state index in [0.717, 1.165) is 60.7 Å². The number of carbonyl (C=O) groups excluding carboxylic acids is 2. The SMILES string of the molecule is O=C(/C=C/c1ccc(O)c(O[C@@H]2O[C@H](CO)[C@@H](O)[C@H](O)[C@H]2O)c1)OC[C@H]1O[C@@H](O[C@H]2[C@H](OC3=Cc4c(O[C@@H]5O[C@@H](CO)[C@@H](O)[C@H](O)[C@@H]5O)cc(O)cc4[OH+]C3c3ccc(O)c(O)c3)O[C@H](COC(=O)/C=C/c3ccc(O)c(O)c3)[C@@H](O)[C@@H]2O)[C@H](O)[C@@H](O)[C@@H]1O. The van der Waals surface area contributed by atoms with Crippen LogP contribution in [0.5, 0.6) is 51.7 Å². The fourth-order valence-corrected chi connectivity index (χ4v) is 9.86. The Hall–Kier alpha value is -7.68. The highest BCUT2D eigenvalue weighted by Crippen LogP contribution is 2.48. The van der Waals surface area contributed by atoms with Crippen LogP contribution in [0, 0.1) is 0 Å². The number of carbonyl (C=O) groups is 2. The second kappa shape index (κ2) is 28.0. The van der Waals surface area contributed by atoms with Gasteiger partial charge >= 0.3 is 11.9 Å². The Kier molecular flexibility index (Phi) is 20.7. The van der Waals surface area contributed by atoms with E-state index in [-0.39, 0.29) is 45.3 Å². The molecule has 9 rings (SSSR count). The molecule has 0 aliphatic carbocycles. The highest BCUT2D eigenvalue weighted by atomic mass is 16.8. The Balaban J connectivity index is 0.980. The molecule has 20 N–H and O–H groups in total. The molecule has 5 aliphatic rings. The minimum Gasteiger partial charge on any atom is -0.571 e. The highest BCUT2D eigenvalue weighted by molar-refractivity contribution is 5.87. The van der Waals surface area contributed by atoms with E-state index in [4.69, 9.17) is 47.4 Å². The van der Waals surface area contributed by atoms with Crippen LogP contribution in [0.15, 0.2) is 84.6 Å². The summed E-state index contributed by atoms with van der Waals surface area (Å²) in [5.74, 6) is -6.47. The zero-order valence-corrected chi connectivity index (χ0v) is 46.0. The second-order valence-electron chi connectivity index (χ2n) is 21.0. The average Bonchev–Trinajstić information content (AvgIpc) is 1.10. The molecular weight excluding hydrogens is 1200 g/mol. The van der Waals surface area contributed by atoms with Crippen molar-refractivity contribution in [2.75, 3.05) is 26.4 Å². The summed E-state index contributed by atoms with van der Waals surface area (Å²) in [4.78, 5) is 26.1. The lowest BCUT2D eigenvalue weighted by Crippen LogP contribution is -2.64. The van der Waals surface area contributed by atoms with E-state index in [1.165, 1.54) is 36.4 Å². The number of esters is 2. The smallest absolute Gasteiger partial charge is 0.330 e. The van der Waals surface area contributed by atoms with Gasteiger partial charge in [-0.25, -0.2) is 9.59 Å². The molecule has 5 heterocycles. The number of hydrogen-bond acceptors (Lipinski definition) is 31. The number of rotatable bonds is 19. The van der Waals surface area contributed by atoms with Gasteiger partial charge in [0.2, 0.25) is 18.9 Å². The summed E-state index contributed by atoms with van der Waals surface area (Å²) >= 11 is 0. The van der Waals surface area contributed by atoms with Gasteiger partial charge in [-0.05, 0) is 65.7 Å². The predicted molar refractivity (Wildman–Crippen MR) is 290 cm³/mol. The van der Waals surface area contributed by atoms with Gasteiger partial charge in [-0.2, -0.15) is 0 Å². The minimum absolute atomic E-state index is 0.0501. The maximum absolute atomic E-state index is 13.1. The summed E-state index contributed by atoms with van der Waals surface area (Å²) in [5, 5.41) is 201. The van der Waals surface area contributed by atoms with Crippen molar-refractivity contribution in [1.29, 1.82) is 0 Å². The summed E-state index contributed by atoms with van der Waals surface area (Å²) in [5.41, 5.74) is 0.360. The lowest BCUT2D eigenvalue weighted by atomic mass is 9.97. The van der Waals surface area contributed by atoms with Crippen LogP contribution >= 0.6 is 0 Å². The van der Waals surface area contributed by atoms with Gasteiger partial charge in [0.25, 0.3) is 11.9 Å². The highest BCUT2D eigenvalue weighted by Gasteiger charge is 2.54. The van der Waals surface area contributed by atoms with E-state index in [1.54, 1.807) is 0 Å². The molecule has 0 amide bonds. The second-order valence-corrected chi connectivity index (χ2v) is 21.0. The molecule has 89 heavy (non-hydrogen) atoms. The summed E-state index contributed by atoms with van der Waals surface area (Å²) in [6.07, 6.45) is -34.0. The van der Waals surface area contributed by atoms with Gasteiger partial charge in [-0.3, -0.25) is 0 Å². The van der Waals surface area contributed by atoms with Crippen LogP contribution in [-0.2, 0) is 47.5 Å². The molecule has 0 saturated carbocycles. The fraction of sp³-hybridized carbons (Fsp3) is 0.439. The third-order valence-electron chi connectivity index (χ3n) is 14.9. The van der Waals surface area contributed by atoms with Gasteiger partial charge in [0.05, 0.1) is 24.8 Å². The Morgan fingerprint density at radius 3 is 1.48 bits per heavy atom. The molecule has 0 bridgehead atoms. The summed E-state index contributed by atoms with van der Waals surface area (Å²) < 4.78 is 62.1. The van der Waals surface area contributed by atoms with E-state index in [9.17, 15) is 107 Å². The molecule has 0 aromatic heterocycles. The summed E-state index contributed by atoms with van der Waals surface area (Å²) in [7, 11) is 0. The number of aliphatic hydroxyl groups excluding tert-OH is 13. The summed E-state index contributed by atoms with van der Waals surface area (Å²) in [6, 6.07) is 12.9. The fourth-order valence-electron chi connectivity index (χ4n) is 9.86. The number of hydrogen-bond donors (Lipinski definition) is 19. The zero-order chi connectivity index (χ0) is 64.3. The number of aliphatic hydroxyl groups is 14. The number of aromatic hydroxyl groups is 7. The van der Waals surface area contributed by atoms with Crippen molar-refractivity contribution in [2.24, 2.45) is 0 Å². The van der Waals surface area contributed by atoms with E-state index >= 15 is 0 Å². The normalized spacial score (nSPS) is 33.8. The molecular formula is C57H65O32+. The molecule has 21 atom stereocenters. The largest absolute Gasteiger partial charge is 0.571 e. The van der Waals surface area contributed by atoms with Crippen LogP contribution in [0.3, 0.4) is 0 Å². The van der Waals surface area contributed by atoms with Gasteiger partial charge in [-0.15, -0.1) is 0 Å². The van der Waals surface area contributed by atoms with Gasteiger partial charge < -0.3 is 149 Å². The quantitative estimate of drug-likeness (QED) is 0.0183. The van der Waals surface area contributed by atoms with Crippen LogP contribution in [-0.4, -0.2) is 263 Å². The van der Waals surface area contributed by atoms with Crippen molar-refractivity contribution in [3.8, 4) is 51.7 Å². The van der Waals surface area contributed by atoms with Crippen molar-refractivity contribution in [2.45, 2.75) is 129 Å². The van der Waals surface area contributed by atoms with Crippen molar-refractivity contribution in [3.63, 3.8) is 0 Å². The first-order chi connectivity index (χ1) is 42.3. The Bertz CT molecular complexity index is 3220. The van der Waals surface area contributed by atoms with Crippen LogP contribution < -0.4 is 9.47 Å². The molecule has 4 fully saturated rings. The lowest BCUT2D eigenvalue weighted by molar-refractivity contribution is -0.364. The van der Waals surface area contributed by atoms with Crippen LogP contribution in [0.2, 0.25) is 0 Å². The summed E-state index contributed by atoms with van der Waals surface area (Å²) in [6.45, 7) is -3.34. The molecule has 4 aromatic carbocycles. The van der Waals surface area contributed by atoms with E-state index in [0.29, 0.717) is 0 Å². The molecule has 4 aromatic rings. The van der Waals surface area contributed by atoms with Gasteiger partial charge in [0, 0.05) is 24.3 Å². The molecule has 0 spiro atoms. The van der Waals surface area contributed by atoms with Crippen molar-refractivity contribution in [1.82, 2.24) is 0 Å². The van der Waals surface area contributed by atoms with Crippen molar-refractivity contribution in [3.05, 3.63) is 107 Å². The Morgan fingerprint density at radius 2 is 0.933 bits per heavy atom. The molecule has 5 aliphatic heterocycles. The Morgan fingerprint density at radius 1 is 0.461 bits per heavy atom. The van der Waals surface area contributed by atoms with Crippen molar-refractivity contribution >= 4 is 30.2 Å². The average molecular weight is 1260 g/mol. The lowest BCUT2D eigenvalue weighted by Gasteiger charge is -2.46. The van der Waals surface area contributed by atoms with Crippen LogP contribution in [0.1, 0.15) is 28.4 Å². The third-order valence-corrected chi connectivity index (χ3v) is 14.9. The Labute approximate surface area is 501 Å². The predicted octanol–water partition coefficient (Wildman–Crippen LogP) is -4.22. The maximum Gasteiger partial charge on any atom is 0.330 e. The molecule has 32 nitrogen and oxygen atoms in total. The molecule has 1 unspecified atom stereocenters. The van der Waals surface area contributed by atoms with Gasteiger partial charge in [0.1, 0.15) is 122 Å². The first-order valence-electron chi connectivity index (χ1n) is 27.2. The number of phenolic OH excluding ortho intramolecular Hbond substituents is 6. The van der Waals surface area contributed by atoms with E-state index in [2.05, 4.69) is 4.74 Å².